The van der Waals surface area contributed by atoms with Crippen LogP contribution in [0, 0.1) is 12.3 Å². The van der Waals surface area contributed by atoms with E-state index in [4.69, 9.17) is 11.6 Å². The van der Waals surface area contributed by atoms with Gasteiger partial charge >= 0.3 is 0 Å². The van der Waals surface area contributed by atoms with E-state index in [9.17, 15) is 0 Å². The zero-order valence-electron chi connectivity index (χ0n) is 9.09. The van der Waals surface area contributed by atoms with Crippen molar-refractivity contribution in [3.63, 3.8) is 0 Å². The summed E-state index contributed by atoms with van der Waals surface area (Å²) in [5.41, 5.74) is 2.58. The maximum atomic E-state index is 5.91. The molecule has 0 aromatic carbocycles. The van der Waals surface area contributed by atoms with E-state index in [1.54, 1.807) is 0 Å². The number of alkyl halides is 1. The zero-order chi connectivity index (χ0) is 10.7. The van der Waals surface area contributed by atoms with Crippen LogP contribution in [0.1, 0.15) is 24.2 Å². The third-order valence-electron chi connectivity index (χ3n) is 2.99. The molecule has 0 atom stereocenters. The first-order chi connectivity index (χ1) is 7.24. The van der Waals surface area contributed by atoms with E-state index in [-0.39, 0.29) is 0 Å². The summed E-state index contributed by atoms with van der Waals surface area (Å²) < 4.78 is 0. The van der Waals surface area contributed by atoms with Crippen LogP contribution >= 0.6 is 11.6 Å². The highest BCUT2D eigenvalue weighted by molar-refractivity contribution is 6.18. The molecule has 2 rings (SSSR count). The summed E-state index contributed by atoms with van der Waals surface area (Å²) >= 11 is 5.91. The molecular weight excluding hydrogens is 208 g/mol. The molecule has 82 valence electrons. The Kier molecular flexibility index (Phi) is 3.27. The fourth-order valence-electron chi connectivity index (χ4n) is 1.69. The Morgan fingerprint density at radius 3 is 2.87 bits per heavy atom. The van der Waals surface area contributed by atoms with Gasteiger partial charge in [-0.3, -0.25) is 4.98 Å². The number of nitrogens with zero attached hydrogens (tertiary/aromatic N) is 1. The maximum absolute atomic E-state index is 5.91. The maximum Gasteiger partial charge on any atom is 0.0544 e. The predicted octanol–water partition coefficient (Wildman–Crippen LogP) is 2.50. The first-order valence-electron chi connectivity index (χ1n) is 5.43. The molecule has 0 bridgehead atoms. The van der Waals surface area contributed by atoms with Gasteiger partial charge in [-0.05, 0) is 37.3 Å². The van der Waals surface area contributed by atoms with Gasteiger partial charge < -0.3 is 5.32 Å². The second kappa shape index (κ2) is 4.50. The number of aromatic nitrogens is 1. The van der Waals surface area contributed by atoms with Crippen molar-refractivity contribution in [3.8, 4) is 0 Å². The van der Waals surface area contributed by atoms with Crippen LogP contribution in [0.3, 0.4) is 0 Å². The standard InChI is InChI=1S/C12H17ClN2/c1-10-3-2-4-11(15-10)7-14-9-12(8-13)5-6-12/h2-4,14H,5-9H2,1H3. The molecule has 1 heterocycles. The van der Waals surface area contributed by atoms with Gasteiger partial charge in [-0.1, -0.05) is 6.07 Å². The quantitative estimate of drug-likeness (QED) is 0.778. The van der Waals surface area contributed by atoms with Crippen molar-refractivity contribution in [1.29, 1.82) is 0 Å². The molecule has 0 aliphatic heterocycles. The van der Waals surface area contributed by atoms with Gasteiger partial charge in [-0.2, -0.15) is 0 Å². The molecule has 1 aliphatic rings. The molecule has 0 unspecified atom stereocenters. The van der Waals surface area contributed by atoms with Crippen LogP contribution in [0.25, 0.3) is 0 Å². The highest BCUT2D eigenvalue weighted by atomic mass is 35.5. The van der Waals surface area contributed by atoms with Gasteiger partial charge in [0.15, 0.2) is 0 Å². The zero-order valence-corrected chi connectivity index (χ0v) is 9.85. The van der Waals surface area contributed by atoms with E-state index in [1.165, 1.54) is 12.8 Å². The van der Waals surface area contributed by atoms with Gasteiger partial charge in [0.05, 0.1) is 5.69 Å². The van der Waals surface area contributed by atoms with E-state index in [1.807, 2.05) is 19.1 Å². The van der Waals surface area contributed by atoms with Crippen LogP contribution in [0.5, 0.6) is 0 Å². The molecule has 1 saturated carbocycles. The third kappa shape index (κ3) is 2.93. The summed E-state index contributed by atoms with van der Waals surface area (Å²) in [6, 6.07) is 6.12. The number of hydrogen-bond donors (Lipinski definition) is 1. The Labute approximate surface area is 96.1 Å². The van der Waals surface area contributed by atoms with Crippen LogP contribution < -0.4 is 5.32 Å². The summed E-state index contributed by atoms with van der Waals surface area (Å²) in [5.74, 6) is 0.779. The highest BCUT2D eigenvalue weighted by Gasteiger charge is 2.41. The fraction of sp³-hybridized carbons (Fsp3) is 0.583. The lowest BCUT2D eigenvalue weighted by molar-refractivity contribution is 0.501. The lowest BCUT2D eigenvalue weighted by Gasteiger charge is -2.12. The Morgan fingerprint density at radius 2 is 2.27 bits per heavy atom. The SMILES string of the molecule is Cc1cccc(CNCC2(CCl)CC2)n1. The van der Waals surface area contributed by atoms with Crippen LogP contribution in [-0.2, 0) is 6.54 Å². The number of nitrogens with one attached hydrogen (secondary N) is 1. The van der Waals surface area contributed by atoms with Gasteiger partial charge in [0, 0.05) is 24.7 Å². The predicted molar refractivity (Wildman–Crippen MR) is 63.1 cm³/mol. The molecule has 0 amide bonds. The monoisotopic (exact) mass is 224 g/mol. The largest absolute Gasteiger partial charge is 0.311 e. The molecule has 3 heteroatoms. The van der Waals surface area contributed by atoms with Crippen LogP contribution in [0.15, 0.2) is 18.2 Å². The topological polar surface area (TPSA) is 24.9 Å². The van der Waals surface area contributed by atoms with Crippen molar-refractivity contribution in [2.45, 2.75) is 26.3 Å². The van der Waals surface area contributed by atoms with Crippen molar-refractivity contribution in [2.75, 3.05) is 12.4 Å². The Morgan fingerprint density at radius 1 is 1.47 bits per heavy atom. The van der Waals surface area contributed by atoms with Gasteiger partial charge in [0.2, 0.25) is 0 Å². The fourth-order valence-corrected chi connectivity index (χ4v) is 2.05. The molecule has 2 nitrogen and oxygen atoms in total. The lowest BCUT2D eigenvalue weighted by atomic mass is 10.1. The first kappa shape index (κ1) is 10.9. The van der Waals surface area contributed by atoms with Crippen LogP contribution in [0.4, 0.5) is 0 Å². The summed E-state index contributed by atoms with van der Waals surface area (Å²) in [4.78, 5) is 4.44. The minimum absolute atomic E-state index is 0.394. The molecule has 15 heavy (non-hydrogen) atoms. The number of pyridine rings is 1. The molecule has 0 saturated heterocycles. The Balaban J connectivity index is 1.78. The summed E-state index contributed by atoms with van der Waals surface area (Å²) in [5, 5.41) is 3.44. The van der Waals surface area contributed by atoms with Gasteiger partial charge in [0.1, 0.15) is 0 Å². The normalized spacial score (nSPS) is 17.7. The molecule has 1 fully saturated rings. The van der Waals surface area contributed by atoms with Gasteiger partial charge in [0.25, 0.3) is 0 Å². The van der Waals surface area contributed by atoms with E-state index in [0.29, 0.717) is 5.41 Å². The van der Waals surface area contributed by atoms with Gasteiger partial charge in [-0.25, -0.2) is 0 Å². The molecule has 1 aromatic heterocycles. The first-order valence-corrected chi connectivity index (χ1v) is 5.97. The number of rotatable bonds is 5. The van der Waals surface area contributed by atoms with Crippen molar-refractivity contribution in [3.05, 3.63) is 29.6 Å². The summed E-state index contributed by atoms with van der Waals surface area (Å²) in [7, 11) is 0. The Hall–Kier alpha value is -0.600. The molecule has 1 aromatic rings. The number of aryl methyl sites for hydroxylation is 1. The lowest BCUT2D eigenvalue weighted by Crippen LogP contribution is -2.25. The van der Waals surface area contributed by atoms with Crippen LogP contribution in [0.2, 0.25) is 0 Å². The van der Waals surface area contributed by atoms with E-state index in [0.717, 1.165) is 30.4 Å². The van der Waals surface area contributed by atoms with Crippen molar-refractivity contribution >= 4 is 11.6 Å². The average Bonchev–Trinajstić information content (AvgIpc) is 2.99. The van der Waals surface area contributed by atoms with E-state index < -0.39 is 0 Å². The third-order valence-corrected chi connectivity index (χ3v) is 3.56. The summed E-state index contributed by atoms with van der Waals surface area (Å²) in [6.07, 6.45) is 2.54. The van der Waals surface area contributed by atoms with Crippen molar-refractivity contribution < 1.29 is 0 Å². The smallest absolute Gasteiger partial charge is 0.0544 e. The van der Waals surface area contributed by atoms with Crippen LogP contribution in [-0.4, -0.2) is 17.4 Å². The minimum atomic E-state index is 0.394. The average molecular weight is 225 g/mol. The van der Waals surface area contributed by atoms with Crippen molar-refractivity contribution in [2.24, 2.45) is 5.41 Å². The summed E-state index contributed by atoms with van der Waals surface area (Å²) in [6.45, 7) is 3.89. The van der Waals surface area contributed by atoms with Gasteiger partial charge in [-0.15, -0.1) is 11.6 Å². The number of halogens is 1. The highest BCUT2D eigenvalue weighted by Crippen LogP contribution is 2.45. The van der Waals surface area contributed by atoms with Crippen molar-refractivity contribution in [1.82, 2.24) is 10.3 Å². The molecule has 1 aliphatic carbocycles. The Bertz CT molecular complexity index is 334. The van der Waals surface area contributed by atoms with E-state index in [2.05, 4.69) is 16.4 Å². The molecule has 1 N–H and O–H groups in total. The molecule has 0 radical (unpaired) electrons. The van der Waals surface area contributed by atoms with E-state index >= 15 is 0 Å². The second-order valence-corrected chi connectivity index (χ2v) is 4.77. The second-order valence-electron chi connectivity index (χ2n) is 4.51. The number of hydrogen-bond acceptors (Lipinski definition) is 2. The minimum Gasteiger partial charge on any atom is -0.311 e. The molecular formula is C12H17ClN2. The molecule has 0 spiro atoms.